The molecule has 2 fully saturated rings. The monoisotopic (exact) mass is 352 g/mol. The Morgan fingerprint density at radius 1 is 0.833 bits per heavy atom. The van der Waals surface area contributed by atoms with Crippen LogP contribution >= 0.6 is 0 Å². The molecule has 0 saturated carbocycles. The van der Waals surface area contributed by atoms with Crippen molar-refractivity contribution in [3.8, 4) is 0 Å². The van der Waals surface area contributed by atoms with Crippen molar-refractivity contribution in [2.75, 3.05) is 53.7 Å². The van der Waals surface area contributed by atoms with Gasteiger partial charge in [0.15, 0.2) is 0 Å². The molecule has 0 bridgehead atoms. The van der Waals surface area contributed by atoms with Gasteiger partial charge in [0, 0.05) is 26.4 Å². The maximum atomic E-state index is 8.82. The van der Waals surface area contributed by atoms with Crippen LogP contribution in [0.5, 0.6) is 0 Å². The molecule has 0 amide bonds. The van der Waals surface area contributed by atoms with Gasteiger partial charge in [-0.25, -0.2) is 0 Å². The summed E-state index contributed by atoms with van der Waals surface area (Å²) >= 11 is 0. The quantitative estimate of drug-likeness (QED) is 0.189. The van der Waals surface area contributed by atoms with E-state index in [4.69, 9.17) is 19.7 Å². The Bertz CT molecular complexity index is 216. The Morgan fingerprint density at radius 2 is 1.12 bits per heavy atom. The van der Waals surface area contributed by atoms with Gasteiger partial charge < -0.3 is 41.0 Å². The van der Waals surface area contributed by atoms with Gasteiger partial charge in [0.2, 0.25) is 0 Å². The predicted molar refractivity (Wildman–Crippen MR) is 98.0 cm³/mol. The summed E-state index contributed by atoms with van der Waals surface area (Å²) in [7, 11) is 3.80. The Kier molecular flexibility index (Phi) is 20.5. The molecule has 2 saturated heterocycles. The molecule has 0 aromatic rings. The lowest BCUT2D eigenvalue weighted by Crippen LogP contribution is -2.36. The van der Waals surface area contributed by atoms with E-state index in [9.17, 15) is 0 Å². The molecule has 0 aromatic carbocycles. The van der Waals surface area contributed by atoms with Gasteiger partial charge >= 0.3 is 0 Å². The third kappa shape index (κ3) is 37.7. The van der Waals surface area contributed by atoms with Gasteiger partial charge in [0.05, 0.1) is 37.6 Å². The van der Waals surface area contributed by atoms with Crippen LogP contribution in [0, 0.1) is 0 Å². The van der Waals surface area contributed by atoms with E-state index in [0.717, 1.165) is 19.9 Å². The number of rotatable bonds is 8. The maximum Gasteiger partial charge on any atom is 0.0781 e. The summed E-state index contributed by atoms with van der Waals surface area (Å²) < 4.78 is 9.42. The zero-order valence-electron chi connectivity index (χ0n) is 16.3. The fourth-order valence-electron chi connectivity index (χ4n) is 1.02. The summed E-state index contributed by atoms with van der Waals surface area (Å²) in [5.41, 5.74) is 0. The van der Waals surface area contributed by atoms with Crippen molar-refractivity contribution in [1.29, 1.82) is 0 Å². The van der Waals surface area contributed by atoms with Crippen LogP contribution in [-0.4, -0.2) is 88.4 Å². The molecule has 2 rings (SSSR count). The van der Waals surface area contributed by atoms with Crippen LogP contribution < -0.4 is 21.3 Å². The topological polar surface area (TPSA) is 114 Å². The average Bonchev–Trinajstić information content (AvgIpc) is 3.42. The van der Waals surface area contributed by atoms with E-state index in [2.05, 4.69) is 35.1 Å². The van der Waals surface area contributed by atoms with Crippen molar-refractivity contribution in [1.82, 2.24) is 21.3 Å². The van der Waals surface area contributed by atoms with Crippen molar-refractivity contribution in [2.24, 2.45) is 0 Å². The summed E-state index contributed by atoms with van der Waals surface area (Å²) in [6, 6.07) is 0. The second-order valence-electron chi connectivity index (χ2n) is 5.95. The van der Waals surface area contributed by atoms with E-state index >= 15 is 0 Å². The first-order chi connectivity index (χ1) is 11.3. The zero-order valence-corrected chi connectivity index (χ0v) is 16.3. The van der Waals surface area contributed by atoms with Gasteiger partial charge in [-0.15, -0.1) is 0 Å². The molecule has 6 N–H and O–H groups in total. The molecule has 4 atom stereocenters. The summed E-state index contributed by atoms with van der Waals surface area (Å²) in [6.07, 6.45) is 0.534. The van der Waals surface area contributed by atoms with Crippen molar-refractivity contribution in [3.05, 3.63) is 0 Å². The van der Waals surface area contributed by atoms with E-state index in [1.54, 1.807) is 13.8 Å². The van der Waals surface area contributed by atoms with E-state index in [1.165, 1.54) is 0 Å². The van der Waals surface area contributed by atoms with Gasteiger partial charge in [-0.05, 0) is 41.8 Å². The summed E-state index contributed by atoms with van der Waals surface area (Å²) in [5.74, 6) is 0. The molecule has 148 valence electrons. The molecule has 2 aliphatic heterocycles. The Labute approximate surface area is 147 Å². The third-order valence-electron chi connectivity index (χ3n) is 2.48. The van der Waals surface area contributed by atoms with Gasteiger partial charge in [-0.3, -0.25) is 0 Å². The molecule has 2 aliphatic rings. The highest BCUT2D eigenvalue weighted by molar-refractivity contribution is 4.58. The maximum absolute atomic E-state index is 8.82. The number of aliphatic hydroxyl groups excluding tert-OH is 2. The Balaban J connectivity index is 0. The second-order valence-corrected chi connectivity index (χ2v) is 5.95. The fraction of sp³-hybridized carbons (Fsp3) is 1.00. The first kappa shape index (κ1) is 25.9. The second kappa shape index (κ2) is 19.0. The largest absolute Gasteiger partial charge is 0.392 e. The highest BCUT2D eigenvalue weighted by atomic mass is 16.6. The molecule has 4 unspecified atom stereocenters. The van der Waals surface area contributed by atoms with E-state index < -0.39 is 0 Å². The minimum atomic E-state index is -0.316. The number of ether oxygens (including phenoxy) is 2. The van der Waals surface area contributed by atoms with Crippen LogP contribution in [0.4, 0.5) is 0 Å². The molecular weight excluding hydrogens is 312 g/mol. The predicted octanol–water partition coefficient (Wildman–Crippen LogP) is -0.922. The smallest absolute Gasteiger partial charge is 0.0781 e. The lowest BCUT2D eigenvalue weighted by Gasteiger charge is -2.09. The summed E-state index contributed by atoms with van der Waals surface area (Å²) in [6.45, 7) is 12.2. The Morgan fingerprint density at radius 3 is 1.25 bits per heavy atom. The highest BCUT2D eigenvalue weighted by Gasteiger charge is 2.13. The molecular formula is C16H40N4O4. The molecule has 24 heavy (non-hydrogen) atoms. The zero-order chi connectivity index (χ0) is 18.8. The lowest BCUT2D eigenvalue weighted by molar-refractivity contribution is 0.180. The van der Waals surface area contributed by atoms with Crippen molar-refractivity contribution >= 4 is 0 Å². The molecule has 8 nitrogen and oxygen atoms in total. The van der Waals surface area contributed by atoms with Crippen LogP contribution in [0.3, 0.4) is 0 Å². The van der Waals surface area contributed by atoms with Crippen LogP contribution in [0.25, 0.3) is 0 Å². The molecule has 0 aliphatic carbocycles. The number of nitrogens with one attached hydrogen (secondary N) is 4. The van der Waals surface area contributed by atoms with Crippen LogP contribution in [0.2, 0.25) is 0 Å². The van der Waals surface area contributed by atoms with E-state index in [0.29, 0.717) is 32.0 Å². The molecule has 2 heterocycles. The molecule has 0 spiro atoms. The average molecular weight is 353 g/mol. The van der Waals surface area contributed by atoms with Gasteiger partial charge in [0.25, 0.3) is 0 Å². The molecule has 0 radical (unpaired) electrons. The standard InChI is InChI=1S/C7H18N2O2.C3H10N2.2C3H6O/c1-6(10)3-8-5-9-4-7(2)11;1-4-3-5-2;2*1-3-2-4-3/h6-11H,3-5H2,1-2H3;4-5H,3H2,1-2H3;2*3H,2H2,1H3. The van der Waals surface area contributed by atoms with E-state index in [1.807, 2.05) is 14.1 Å². The van der Waals surface area contributed by atoms with Gasteiger partial charge in [0.1, 0.15) is 0 Å². The summed E-state index contributed by atoms with van der Waals surface area (Å²) in [5, 5.41) is 29.4. The first-order valence-electron chi connectivity index (χ1n) is 8.63. The van der Waals surface area contributed by atoms with Gasteiger partial charge in [-0.2, -0.15) is 0 Å². The number of aliphatic hydroxyl groups is 2. The third-order valence-corrected chi connectivity index (χ3v) is 2.48. The minimum absolute atomic E-state index is 0.316. The normalized spacial score (nSPS) is 22.5. The van der Waals surface area contributed by atoms with Crippen molar-refractivity contribution in [2.45, 2.75) is 52.1 Å². The van der Waals surface area contributed by atoms with Crippen LogP contribution in [-0.2, 0) is 9.47 Å². The molecule has 8 heteroatoms. The minimum Gasteiger partial charge on any atom is -0.392 e. The first-order valence-corrected chi connectivity index (χ1v) is 8.63. The fourth-order valence-corrected chi connectivity index (χ4v) is 1.02. The van der Waals surface area contributed by atoms with E-state index in [-0.39, 0.29) is 12.2 Å². The van der Waals surface area contributed by atoms with Crippen LogP contribution in [0.1, 0.15) is 27.7 Å². The number of epoxide rings is 2. The number of hydrogen-bond donors (Lipinski definition) is 6. The number of hydrogen-bond acceptors (Lipinski definition) is 8. The van der Waals surface area contributed by atoms with Crippen LogP contribution in [0.15, 0.2) is 0 Å². The lowest BCUT2D eigenvalue weighted by atomic mass is 10.4. The van der Waals surface area contributed by atoms with Crippen molar-refractivity contribution < 1.29 is 19.7 Å². The van der Waals surface area contributed by atoms with Crippen molar-refractivity contribution in [3.63, 3.8) is 0 Å². The summed E-state index contributed by atoms with van der Waals surface area (Å²) in [4.78, 5) is 0. The SMILES string of the molecule is CC(O)CNCNCC(C)O.CC1CO1.CC1CO1.CNCNC. The Hall–Kier alpha value is -0.320. The highest BCUT2D eigenvalue weighted by Crippen LogP contribution is 2.04. The van der Waals surface area contributed by atoms with Gasteiger partial charge in [-0.1, -0.05) is 0 Å². The molecule has 0 aromatic heterocycles.